The van der Waals surface area contributed by atoms with Gasteiger partial charge in [0.2, 0.25) is 5.70 Å². The van der Waals surface area contributed by atoms with Crippen molar-refractivity contribution in [1.82, 2.24) is 4.98 Å². The van der Waals surface area contributed by atoms with Gasteiger partial charge in [-0.05, 0) is 12.1 Å². The molecule has 4 nitrogen and oxygen atoms in total. The van der Waals surface area contributed by atoms with E-state index in [1.165, 1.54) is 13.0 Å². The Morgan fingerprint density at radius 3 is 3.00 bits per heavy atom. The molecule has 0 atom stereocenters. The predicted molar refractivity (Wildman–Crippen MR) is 64.0 cm³/mol. The molecular weight excluding hydrogens is 228 g/mol. The lowest BCUT2D eigenvalue weighted by Gasteiger charge is -1.93. The zero-order valence-corrected chi connectivity index (χ0v) is 9.28. The van der Waals surface area contributed by atoms with Crippen molar-refractivity contribution in [1.29, 1.82) is 0 Å². The maximum Gasteiger partial charge on any atom is 0.243 e. The number of rotatable bonds is 2. The summed E-state index contributed by atoms with van der Waals surface area (Å²) in [4.78, 5) is 13.1. The first-order valence-corrected chi connectivity index (χ1v) is 5.05. The highest BCUT2D eigenvalue weighted by Crippen LogP contribution is 2.23. The molecular formula is C11H9ClN2O2. The molecule has 0 radical (unpaired) electrons. The number of fused-ring (bicyclic) bond motifs is 1. The summed E-state index contributed by atoms with van der Waals surface area (Å²) in [6.07, 6.45) is 3.26. The minimum absolute atomic E-state index is 0.107. The first kappa shape index (κ1) is 10.7. The number of aromatic amines is 1. The fourth-order valence-electron chi connectivity index (χ4n) is 1.52. The summed E-state index contributed by atoms with van der Waals surface area (Å²) in [7, 11) is 0. The lowest BCUT2D eigenvalue weighted by atomic mass is 10.1. The van der Waals surface area contributed by atoms with Crippen LogP contribution < -0.4 is 0 Å². The maximum absolute atomic E-state index is 10.5. The Bertz CT molecular complexity index is 587. The van der Waals surface area contributed by atoms with E-state index >= 15 is 0 Å². The lowest BCUT2D eigenvalue weighted by Crippen LogP contribution is -1.92. The van der Waals surface area contributed by atoms with Crippen molar-refractivity contribution in [3.8, 4) is 0 Å². The van der Waals surface area contributed by atoms with E-state index in [1.54, 1.807) is 18.3 Å². The van der Waals surface area contributed by atoms with E-state index in [0.29, 0.717) is 5.02 Å². The minimum atomic E-state index is -0.408. The summed E-state index contributed by atoms with van der Waals surface area (Å²) in [5, 5.41) is 12.1. The van der Waals surface area contributed by atoms with Crippen LogP contribution in [0.4, 0.5) is 0 Å². The highest BCUT2D eigenvalue weighted by atomic mass is 35.5. The average molecular weight is 237 g/mol. The van der Waals surface area contributed by atoms with Crippen LogP contribution in [0.1, 0.15) is 12.5 Å². The number of nitrogens with one attached hydrogen (secondary N) is 1. The summed E-state index contributed by atoms with van der Waals surface area (Å²) in [5.74, 6) is 0. The Kier molecular flexibility index (Phi) is 2.66. The highest BCUT2D eigenvalue weighted by molar-refractivity contribution is 6.31. The quantitative estimate of drug-likeness (QED) is 0.641. The van der Waals surface area contributed by atoms with Gasteiger partial charge in [-0.2, -0.15) is 0 Å². The minimum Gasteiger partial charge on any atom is -0.361 e. The molecule has 1 N–H and O–H groups in total. The van der Waals surface area contributed by atoms with Crippen molar-refractivity contribution >= 4 is 28.6 Å². The number of hydrogen-bond acceptors (Lipinski definition) is 2. The number of benzene rings is 1. The van der Waals surface area contributed by atoms with Gasteiger partial charge < -0.3 is 4.98 Å². The van der Waals surface area contributed by atoms with Crippen LogP contribution in [0.15, 0.2) is 30.1 Å². The molecule has 0 aliphatic rings. The van der Waals surface area contributed by atoms with Crippen molar-refractivity contribution in [3.05, 3.63) is 50.8 Å². The second-order valence-corrected chi connectivity index (χ2v) is 3.91. The standard InChI is InChI=1S/C11H9ClN2O2/c1-7(14(15)16)4-8-6-13-11-5-9(12)2-3-10(8)11/h2-6,13H,1H3/b7-4-. The fourth-order valence-corrected chi connectivity index (χ4v) is 1.69. The Morgan fingerprint density at radius 2 is 2.31 bits per heavy atom. The summed E-state index contributed by atoms with van der Waals surface area (Å²) in [6.45, 7) is 1.47. The van der Waals surface area contributed by atoms with Gasteiger partial charge in [0.1, 0.15) is 0 Å². The second-order valence-electron chi connectivity index (χ2n) is 3.48. The Morgan fingerprint density at radius 1 is 1.56 bits per heavy atom. The molecule has 82 valence electrons. The van der Waals surface area contributed by atoms with Crippen LogP contribution in [0, 0.1) is 10.1 Å². The van der Waals surface area contributed by atoms with Crippen molar-refractivity contribution in [3.63, 3.8) is 0 Å². The van der Waals surface area contributed by atoms with E-state index in [2.05, 4.69) is 4.98 Å². The third-order valence-electron chi connectivity index (χ3n) is 2.33. The third kappa shape index (κ3) is 1.92. The molecule has 1 aromatic carbocycles. The summed E-state index contributed by atoms with van der Waals surface area (Å²) in [5.41, 5.74) is 1.77. The molecule has 0 saturated heterocycles. The second kappa shape index (κ2) is 3.98. The van der Waals surface area contributed by atoms with E-state index < -0.39 is 4.92 Å². The molecule has 0 bridgehead atoms. The average Bonchev–Trinajstić information content (AvgIpc) is 2.60. The Labute approximate surface area is 96.7 Å². The number of aromatic nitrogens is 1. The molecule has 0 fully saturated rings. The van der Waals surface area contributed by atoms with Crippen molar-refractivity contribution in [2.75, 3.05) is 0 Å². The maximum atomic E-state index is 10.5. The smallest absolute Gasteiger partial charge is 0.243 e. The number of nitrogens with zero attached hydrogens (tertiary/aromatic N) is 1. The summed E-state index contributed by atoms with van der Waals surface area (Å²) >= 11 is 5.84. The van der Waals surface area contributed by atoms with Crippen molar-refractivity contribution in [2.45, 2.75) is 6.92 Å². The van der Waals surface area contributed by atoms with Crippen LogP contribution in [0.3, 0.4) is 0 Å². The predicted octanol–water partition coefficient (Wildman–Crippen LogP) is 3.46. The van der Waals surface area contributed by atoms with Crippen molar-refractivity contribution < 1.29 is 4.92 Å². The van der Waals surface area contributed by atoms with Gasteiger partial charge in [0, 0.05) is 40.7 Å². The number of allylic oxidation sites excluding steroid dienone is 1. The van der Waals surface area contributed by atoms with Gasteiger partial charge in [0.15, 0.2) is 0 Å². The largest absolute Gasteiger partial charge is 0.361 e. The fraction of sp³-hybridized carbons (Fsp3) is 0.0909. The van der Waals surface area contributed by atoms with Crippen LogP contribution in [0.5, 0.6) is 0 Å². The van der Waals surface area contributed by atoms with Crippen molar-refractivity contribution in [2.24, 2.45) is 0 Å². The van der Waals surface area contributed by atoms with E-state index in [0.717, 1.165) is 16.5 Å². The molecule has 1 aromatic heterocycles. The molecule has 1 heterocycles. The molecule has 16 heavy (non-hydrogen) atoms. The van der Waals surface area contributed by atoms with Gasteiger partial charge in [-0.15, -0.1) is 0 Å². The summed E-state index contributed by atoms with van der Waals surface area (Å²) < 4.78 is 0. The lowest BCUT2D eigenvalue weighted by molar-refractivity contribution is -0.422. The molecule has 2 aromatic rings. The molecule has 2 rings (SSSR count). The molecule has 0 unspecified atom stereocenters. The first-order valence-electron chi connectivity index (χ1n) is 4.67. The third-order valence-corrected chi connectivity index (χ3v) is 2.56. The number of nitro groups is 1. The topological polar surface area (TPSA) is 58.9 Å². The van der Waals surface area contributed by atoms with Gasteiger partial charge >= 0.3 is 0 Å². The van der Waals surface area contributed by atoms with E-state index in [4.69, 9.17) is 11.6 Å². The van der Waals surface area contributed by atoms with Crippen LogP contribution in [-0.4, -0.2) is 9.91 Å². The summed E-state index contributed by atoms with van der Waals surface area (Å²) in [6, 6.07) is 5.39. The molecule has 0 amide bonds. The zero-order chi connectivity index (χ0) is 11.7. The van der Waals surface area contributed by atoms with Crippen LogP contribution in [0.2, 0.25) is 5.02 Å². The van der Waals surface area contributed by atoms with E-state index in [9.17, 15) is 10.1 Å². The van der Waals surface area contributed by atoms with Crippen LogP contribution in [-0.2, 0) is 0 Å². The van der Waals surface area contributed by atoms with Gasteiger partial charge in [-0.25, -0.2) is 0 Å². The first-order chi connectivity index (χ1) is 7.58. The van der Waals surface area contributed by atoms with Gasteiger partial charge in [-0.1, -0.05) is 17.7 Å². The molecule has 0 spiro atoms. The number of halogens is 1. The molecule has 0 aliphatic carbocycles. The SMILES string of the molecule is C/C(=C/c1c[nH]c2cc(Cl)ccc12)[N+](=O)[O-]. The van der Waals surface area contributed by atoms with E-state index in [-0.39, 0.29) is 5.70 Å². The highest BCUT2D eigenvalue weighted by Gasteiger charge is 2.06. The van der Waals surface area contributed by atoms with Gasteiger partial charge in [-0.3, -0.25) is 10.1 Å². The molecule has 0 saturated carbocycles. The van der Waals surface area contributed by atoms with Crippen LogP contribution in [0.25, 0.3) is 17.0 Å². The normalized spacial score (nSPS) is 12.0. The monoisotopic (exact) mass is 236 g/mol. The number of hydrogen-bond donors (Lipinski definition) is 1. The molecule has 5 heteroatoms. The van der Waals surface area contributed by atoms with E-state index in [1.807, 2.05) is 6.07 Å². The molecule has 0 aliphatic heterocycles. The number of H-pyrrole nitrogens is 1. The van der Waals surface area contributed by atoms with Gasteiger partial charge in [0.05, 0.1) is 4.92 Å². The van der Waals surface area contributed by atoms with Crippen LogP contribution >= 0.6 is 11.6 Å². The van der Waals surface area contributed by atoms with Gasteiger partial charge in [0.25, 0.3) is 0 Å². The zero-order valence-electron chi connectivity index (χ0n) is 8.53. The Hall–Kier alpha value is -1.81. The Balaban J connectivity index is 2.55.